The van der Waals surface area contributed by atoms with E-state index in [2.05, 4.69) is 0 Å². The van der Waals surface area contributed by atoms with Crippen LogP contribution in [0.3, 0.4) is 0 Å². The molecule has 0 aromatic carbocycles. The largest absolute Gasteiger partial charge is 0.472 e. The van der Waals surface area contributed by atoms with Crippen molar-refractivity contribution in [3.8, 4) is 0 Å². The summed E-state index contributed by atoms with van der Waals surface area (Å²) in [5.41, 5.74) is 0.993. The molecule has 28 heavy (non-hydrogen) atoms. The minimum atomic E-state index is -0.489. The van der Waals surface area contributed by atoms with Gasteiger partial charge in [0.1, 0.15) is 24.4 Å². The number of furan rings is 1. The molecule has 3 aliphatic heterocycles. The Hall–Kier alpha value is -0.960. The van der Waals surface area contributed by atoms with Crippen LogP contribution in [0, 0.1) is 0 Å². The number of ether oxygens (including phenoxy) is 6. The van der Waals surface area contributed by atoms with E-state index in [0.29, 0.717) is 13.2 Å². The van der Waals surface area contributed by atoms with Crippen LogP contribution in [-0.4, -0.2) is 48.9 Å². The highest BCUT2D eigenvalue weighted by Crippen LogP contribution is 2.49. The summed E-state index contributed by atoms with van der Waals surface area (Å²) in [7, 11) is 0. The number of rotatable bonds is 4. The highest BCUT2D eigenvalue weighted by Gasteiger charge is 2.62. The first kappa shape index (κ1) is 17.9. The summed E-state index contributed by atoms with van der Waals surface area (Å²) in [4.78, 5) is 0. The van der Waals surface area contributed by atoms with Gasteiger partial charge in [-0.2, -0.15) is 0 Å². The van der Waals surface area contributed by atoms with E-state index < -0.39 is 17.9 Å². The maximum atomic E-state index is 6.43. The molecule has 2 spiro atoms. The van der Waals surface area contributed by atoms with Crippen LogP contribution < -0.4 is 0 Å². The van der Waals surface area contributed by atoms with Gasteiger partial charge in [0.05, 0.1) is 25.7 Å². The maximum absolute atomic E-state index is 6.43. The second kappa shape index (κ2) is 6.79. The molecule has 4 heterocycles. The monoisotopic (exact) mass is 392 g/mol. The third kappa shape index (κ3) is 2.95. The second-order valence-electron chi connectivity index (χ2n) is 8.78. The Morgan fingerprint density at radius 2 is 1.71 bits per heavy atom. The summed E-state index contributed by atoms with van der Waals surface area (Å²) < 4.78 is 43.0. The molecule has 5 atom stereocenters. The topological polar surface area (TPSA) is 68.5 Å². The zero-order chi connectivity index (χ0) is 18.6. The van der Waals surface area contributed by atoms with Gasteiger partial charge >= 0.3 is 0 Å². The summed E-state index contributed by atoms with van der Waals surface area (Å²) >= 11 is 0. The van der Waals surface area contributed by atoms with Crippen LogP contribution in [-0.2, 0) is 35.0 Å². The first-order valence-electron chi connectivity index (χ1n) is 10.7. The molecule has 0 N–H and O–H groups in total. The fraction of sp³-hybridized carbons (Fsp3) is 0.810. The summed E-state index contributed by atoms with van der Waals surface area (Å²) in [6, 6.07) is 1.91. The van der Waals surface area contributed by atoms with E-state index in [4.69, 9.17) is 32.8 Å². The van der Waals surface area contributed by atoms with Gasteiger partial charge in [-0.3, -0.25) is 0 Å². The van der Waals surface area contributed by atoms with Crippen molar-refractivity contribution in [2.45, 2.75) is 100 Å². The minimum absolute atomic E-state index is 0.162. The molecule has 0 unspecified atom stereocenters. The van der Waals surface area contributed by atoms with Gasteiger partial charge in [-0.05, 0) is 31.7 Å². The van der Waals surface area contributed by atoms with Crippen molar-refractivity contribution in [2.75, 3.05) is 6.61 Å². The van der Waals surface area contributed by atoms with Crippen LogP contribution in [0.1, 0.15) is 56.9 Å². The Balaban J connectivity index is 1.20. The van der Waals surface area contributed by atoms with E-state index in [-0.39, 0.29) is 24.4 Å². The molecule has 7 nitrogen and oxygen atoms in total. The molecule has 7 heteroatoms. The molecule has 5 fully saturated rings. The van der Waals surface area contributed by atoms with E-state index in [0.717, 1.165) is 56.9 Å². The molecular weight excluding hydrogens is 364 g/mol. The zero-order valence-electron chi connectivity index (χ0n) is 16.0. The van der Waals surface area contributed by atoms with E-state index in [1.54, 1.807) is 12.5 Å². The van der Waals surface area contributed by atoms with Gasteiger partial charge < -0.3 is 32.8 Å². The van der Waals surface area contributed by atoms with Gasteiger partial charge in [-0.1, -0.05) is 0 Å². The molecule has 154 valence electrons. The lowest BCUT2D eigenvalue weighted by molar-refractivity contribution is -0.249. The van der Waals surface area contributed by atoms with Gasteiger partial charge in [0.2, 0.25) is 0 Å². The minimum Gasteiger partial charge on any atom is -0.472 e. The summed E-state index contributed by atoms with van der Waals surface area (Å²) in [5.74, 6) is -0.910. The molecule has 1 aromatic heterocycles. The predicted molar refractivity (Wildman–Crippen MR) is 95.1 cm³/mol. The summed E-state index contributed by atoms with van der Waals surface area (Å²) in [5, 5.41) is 0. The van der Waals surface area contributed by atoms with Gasteiger partial charge in [0.25, 0.3) is 0 Å². The standard InChI is InChI=1S/C21H28O7/c1-2-7-20(6-1)24-13-15(26-20)16-17(23-12-14-5-10-22-11-14)18-19(25-16)28-21(27-18)8-3-4-9-21/h5,10-11,15-19H,1-4,6-9,12-13H2/t15-,16-,17+,18-,19-/m1/s1. The molecule has 0 radical (unpaired) electrons. The molecule has 2 saturated carbocycles. The van der Waals surface area contributed by atoms with Crippen molar-refractivity contribution in [1.29, 1.82) is 0 Å². The van der Waals surface area contributed by atoms with Crippen LogP contribution in [0.2, 0.25) is 0 Å². The average Bonchev–Trinajstić information content (AvgIpc) is 3.50. The Bertz CT molecular complexity index is 677. The van der Waals surface area contributed by atoms with Crippen LogP contribution in [0.25, 0.3) is 0 Å². The lowest BCUT2D eigenvalue weighted by Crippen LogP contribution is -2.44. The molecule has 0 amide bonds. The molecule has 2 aliphatic carbocycles. The molecule has 3 saturated heterocycles. The van der Waals surface area contributed by atoms with E-state index in [9.17, 15) is 0 Å². The molecule has 6 rings (SSSR count). The Kier molecular flexibility index (Phi) is 4.33. The van der Waals surface area contributed by atoms with Gasteiger partial charge in [-0.15, -0.1) is 0 Å². The Morgan fingerprint density at radius 3 is 2.46 bits per heavy atom. The van der Waals surface area contributed by atoms with Crippen LogP contribution in [0.4, 0.5) is 0 Å². The van der Waals surface area contributed by atoms with Gasteiger partial charge in [0.15, 0.2) is 17.9 Å². The van der Waals surface area contributed by atoms with Crippen molar-refractivity contribution in [3.05, 3.63) is 24.2 Å². The molecule has 1 aromatic rings. The third-order valence-corrected chi connectivity index (χ3v) is 6.89. The highest BCUT2D eigenvalue weighted by atomic mass is 16.9. The number of fused-ring (bicyclic) bond motifs is 1. The van der Waals surface area contributed by atoms with Gasteiger partial charge in [-0.25, -0.2) is 0 Å². The average molecular weight is 392 g/mol. The van der Waals surface area contributed by atoms with E-state index in [1.165, 1.54) is 0 Å². The fourth-order valence-corrected chi connectivity index (χ4v) is 5.48. The molecule has 0 bridgehead atoms. The lowest BCUT2D eigenvalue weighted by Gasteiger charge is -2.30. The Labute approximate surface area is 164 Å². The number of hydrogen-bond donors (Lipinski definition) is 0. The first-order chi connectivity index (χ1) is 13.7. The molecular formula is C21H28O7. The maximum Gasteiger partial charge on any atom is 0.190 e. The normalized spacial score (nSPS) is 40.8. The second-order valence-corrected chi connectivity index (χ2v) is 8.78. The van der Waals surface area contributed by atoms with Crippen LogP contribution in [0.5, 0.6) is 0 Å². The van der Waals surface area contributed by atoms with Crippen LogP contribution >= 0.6 is 0 Å². The first-order valence-corrected chi connectivity index (χ1v) is 10.7. The quantitative estimate of drug-likeness (QED) is 0.779. The number of hydrogen-bond acceptors (Lipinski definition) is 7. The molecule has 5 aliphatic rings. The van der Waals surface area contributed by atoms with Crippen LogP contribution in [0.15, 0.2) is 23.0 Å². The van der Waals surface area contributed by atoms with Gasteiger partial charge in [0, 0.05) is 31.2 Å². The lowest BCUT2D eigenvalue weighted by atomic mass is 10.1. The summed E-state index contributed by atoms with van der Waals surface area (Å²) in [6.45, 7) is 0.972. The van der Waals surface area contributed by atoms with Crippen molar-refractivity contribution in [2.24, 2.45) is 0 Å². The van der Waals surface area contributed by atoms with E-state index >= 15 is 0 Å². The van der Waals surface area contributed by atoms with Crippen molar-refractivity contribution < 1.29 is 32.8 Å². The Morgan fingerprint density at radius 1 is 0.929 bits per heavy atom. The predicted octanol–water partition coefficient (Wildman–Crippen LogP) is 3.26. The summed E-state index contributed by atoms with van der Waals surface area (Å²) in [6.07, 6.45) is 10.4. The van der Waals surface area contributed by atoms with Crippen molar-refractivity contribution in [1.82, 2.24) is 0 Å². The highest BCUT2D eigenvalue weighted by molar-refractivity contribution is 5.05. The zero-order valence-corrected chi connectivity index (χ0v) is 16.0. The smallest absolute Gasteiger partial charge is 0.190 e. The van der Waals surface area contributed by atoms with Crippen molar-refractivity contribution >= 4 is 0 Å². The third-order valence-electron chi connectivity index (χ3n) is 6.89. The van der Waals surface area contributed by atoms with E-state index in [1.807, 2.05) is 6.07 Å². The SMILES string of the molecule is c1cc(CO[C@@H]2[C@H]3OC4(CCCC4)O[C@H]3O[C@@H]2[C@H]2COC3(CCCC3)O2)co1. The fourth-order valence-electron chi connectivity index (χ4n) is 5.48. The van der Waals surface area contributed by atoms with Crippen molar-refractivity contribution in [3.63, 3.8) is 0 Å².